The van der Waals surface area contributed by atoms with Crippen LogP contribution in [0, 0.1) is 13.8 Å². The lowest BCUT2D eigenvalue weighted by Crippen LogP contribution is -2.03. The molecule has 6 nitrogen and oxygen atoms in total. The van der Waals surface area contributed by atoms with E-state index < -0.39 is 0 Å². The van der Waals surface area contributed by atoms with Crippen LogP contribution in [0.1, 0.15) is 33.5 Å². The van der Waals surface area contributed by atoms with Crippen LogP contribution in [0.5, 0.6) is 0 Å². The predicted molar refractivity (Wildman–Crippen MR) is 96.8 cm³/mol. The number of rotatable bonds is 6. The molecule has 0 aliphatic carbocycles. The molecule has 2 aromatic heterocycles. The van der Waals surface area contributed by atoms with E-state index in [1.54, 1.807) is 20.1 Å². The number of thiazole rings is 1. The van der Waals surface area contributed by atoms with Crippen molar-refractivity contribution >= 4 is 22.4 Å². The monoisotopic (exact) mass is 357 g/mol. The Balaban J connectivity index is 1.65. The highest BCUT2D eigenvalue weighted by Crippen LogP contribution is 2.24. The molecule has 0 bridgehead atoms. The number of hydrogen-bond acceptors (Lipinski definition) is 7. The minimum Gasteiger partial charge on any atom is -0.462 e. The van der Waals surface area contributed by atoms with Crippen LogP contribution < -0.4 is 5.32 Å². The van der Waals surface area contributed by atoms with E-state index in [9.17, 15) is 4.79 Å². The van der Waals surface area contributed by atoms with Crippen LogP contribution in [0.2, 0.25) is 0 Å². The molecular formula is C18H19N3O3S. The van der Waals surface area contributed by atoms with Gasteiger partial charge in [0.2, 0.25) is 5.89 Å². The maximum atomic E-state index is 11.8. The van der Waals surface area contributed by atoms with Gasteiger partial charge < -0.3 is 14.5 Å². The number of carbonyl (C=O) groups is 1. The summed E-state index contributed by atoms with van der Waals surface area (Å²) in [6.07, 6.45) is 1.62. The van der Waals surface area contributed by atoms with Gasteiger partial charge in [-0.25, -0.2) is 14.8 Å². The first-order valence-corrected chi connectivity index (χ1v) is 8.78. The van der Waals surface area contributed by atoms with Gasteiger partial charge in [0.05, 0.1) is 24.5 Å². The van der Waals surface area contributed by atoms with Crippen molar-refractivity contribution in [2.24, 2.45) is 0 Å². The third-order valence-electron chi connectivity index (χ3n) is 3.53. The summed E-state index contributed by atoms with van der Waals surface area (Å²) in [5.41, 5.74) is 3.55. The summed E-state index contributed by atoms with van der Waals surface area (Å²) in [6, 6.07) is 8.00. The molecule has 0 saturated carbocycles. The molecule has 0 fully saturated rings. The number of aryl methyl sites for hydroxylation is 2. The SMILES string of the molecule is CCOC(=O)c1sc(NCc2coc(-c3ccc(C)cc3)n2)nc1C. The molecule has 0 aliphatic rings. The van der Waals surface area contributed by atoms with Crippen LogP contribution in [0.4, 0.5) is 5.13 Å². The number of ether oxygens (including phenoxy) is 1. The van der Waals surface area contributed by atoms with Crippen molar-refractivity contribution in [1.82, 2.24) is 9.97 Å². The Morgan fingerprint density at radius 1 is 1.24 bits per heavy atom. The molecule has 1 N–H and O–H groups in total. The number of oxazole rings is 1. The average molecular weight is 357 g/mol. The average Bonchev–Trinajstić information content (AvgIpc) is 3.20. The van der Waals surface area contributed by atoms with Crippen LogP contribution in [0.25, 0.3) is 11.5 Å². The smallest absolute Gasteiger partial charge is 0.350 e. The molecule has 2 heterocycles. The fourth-order valence-electron chi connectivity index (χ4n) is 2.24. The zero-order valence-electron chi connectivity index (χ0n) is 14.3. The number of nitrogens with zero attached hydrogens (tertiary/aromatic N) is 2. The molecule has 25 heavy (non-hydrogen) atoms. The fourth-order valence-corrected chi connectivity index (χ4v) is 3.10. The van der Waals surface area contributed by atoms with Crippen LogP contribution >= 0.6 is 11.3 Å². The molecule has 0 atom stereocenters. The molecule has 0 aliphatic heterocycles. The Hall–Kier alpha value is -2.67. The van der Waals surface area contributed by atoms with Crippen LogP contribution in [0.3, 0.4) is 0 Å². The molecule has 7 heteroatoms. The van der Waals surface area contributed by atoms with Gasteiger partial charge in [-0.3, -0.25) is 0 Å². The van der Waals surface area contributed by atoms with Crippen LogP contribution in [-0.2, 0) is 11.3 Å². The normalized spacial score (nSPS) is 10.7. The van der Waals surface area contributed by atoms with E-state index in [-0.39, 0.29) is 5.97 Å². The van der Waals surface area contributed by atoms with Crippen LogP contribution in [-0.4, -0.2) is 22.5 Å². The Morgan fingerprint density at radius 3 is 2.72 bits per heavy atom. The van der Waals surface area contributed by atoms with E-state index in [1.807, 2.05) is 31.2 Å². The summed E-state index contributed by atoms with van der Waals surface area (Å²) in [5.74, 6) is 0.243. The Morgan fingerprint density at radius 2 is 2.00 bits per heavy atom. The van der Waals surface area contributed by atoms with E-state index >= 15 is 0 Å². The molecule has 0 spiro atoms. The van der Waals surface area contributed by atoms with E-state index in [2.05, 4.69) is 15.3 Å². The van der Waals surface area contributed by atoms with E-state index in [0.717, 1.165) is 11.3 Å². The first-order valence-electron chi connectivity index (χ1n) is 7.96. The maximum absolute atomic E-state index is 11.8. The van der Waals surface area contributed by atoms with Crippen molar-refractivity contribution in [3.63, 3.8) is 0 Å². The summed E-state index contributed by atoms with van der Waals surface area (Å²) in [5, 5.41) is 3.82. The van der Waals surface area contributed by atoms with Gasteiger partial charge in [0.15, 0.2) is 5.13 Å². The van der Waals surface area contributed by atoms with Crippen molar-refractivity contribution in [3.05, 3.63) is 52.4 Å². The van der Waals surface area contributed by atoms with Crippen molar-refractivity contribution < 1.29 is 13.9 Å². The van der Waals surface area contributed by atoms with Crippen molar-refractivity contribution in [2.45, 2.75) is 27.3 Å². The summed E-state index contributed by atoms with van der Waals surface area (Å²) >= 11 is 1.28. The lowest BCUT2D eigenvalue weighted by atomic mass is 10.1. The standard InChI is InChI=1S/C18H19N3O3S/c1-4-23-17(22)15-12(3)20-18(25-15)19-9-14-10-24-16(21-14)13-7-5-11(2)6-8-13/h5-8,10H,4,9H2,1-3H3,(H,19,20). The number of carbonyl (C=O) groups excluding carboxylic acids is 1. The number of hydrogen-bond donors (Lipinski definition) is 1. The van der Waals surface area contributed by atoms with Gasteiger partial charge in [0.1, 0.15) is 11.1 Å². The second-order valence-electron chi connectivity index (χ2n) is 5.52. The highest BCUT2D eigenvalue weighted by atomic mass is 32.1. The summed E-state index contributed by atoms with van der Waals surface area (Å²) in [6.45, 7) is 6.42. The third kappa shape index (κ3) is 4.06. The molecule has 0 amide bonds. The summed E-state index contributed by atoms with van der Waals surface area (Å²) < 4.78 is 10.6. The largest absolute Gasteiger partial charge is 0.462 e. The molecule has 1 aromatic carbocycles. The quantitative estimate of drug-likeness (QED) is 0.666. The van der Waals surface area contributed by atoms with Gasteiger partial charge in [-0.15, -0.1) is 0 Å². The lowest BCUT2D eigenvalue weighted by molar-refractivity contribution is 0.0531. The van der Waals surface area contributed by atoms with Crippen molar-refractivity contribution in [3.8, 4) is 11.5 Å². The minimum absolute atomic E-state index is 0.339. The first kappa shape index (κ1) is 17.2. The Labute approximate surface area is 149 Å². The van der Waals surface area contributed by atoms with E-state index in [1.165, 1.54) is 16.9 Å². The van der Waals surface area contributed by atoms with Gasteiger partial charge in [0.25, 0.3) is 0 Å². The molecule has 3 rings (SSSR count). The number of nitrogens with one attached hydrogen (secondary N) is 1. The van der Waals surface area contributed by atoms with Crippen molar-refractivity contribution in [1.29, 1.82) is 0 Å². The molecular weight excluding hydrogens is 338 g/mol. The first-order chi connectivity index (χ1) is 12.1. The van der Waals surface area contributed by atoms with Crippen molar-refractivity contribution in [2.75, 3.05) is 11.9 Å². The van der Waals surface area contributed by atoms with Gasteiger partial charge >= 0.3 is 5.97 Å². The topological polar surface area (TPSA) is 77.2 Å². The van der Waals surface area contributed by atoms with Gasteiger partial charge in [-0.1, -0.05) is 29.0 Å². The Kier molecular flexibility index (Phi) is 5.14. The molecule has 0 radical (unpaired) electrons. The third-order valence-corrected chi connectivity index (χ3v) is 4.62. The highest BCUT2D eigenvalue weighted by molar-refractivity contribution is 7.17. The predicted octanol–water partition coefficient (Wildman–Crippen LogP) is 4.20. The second-order valence-corrected chi connectivity index (χ2v) is 6.52. The fraction of sp³-hybridized carbons (Fsp3) is 0.278. The highest BCUT2D eigenvalue weighted by Gasteiger charge is 2.16. The number of anilines is 1. The molecule has 130 valence electrons. The van der Waals surface area contributed by atoms with Crippen LogP contribution in [0.15, 0.2) is 34.9 Å². The number of benzene rings is 1. The zero-order chi connectivity index (χ0) is 17.8. The van der Waals surface area contributed by atoms with E-state index in [0.29, 0.717) is 34.7 Å². The van der Waals surface area contributed by atoms with Gasteiger partial charge in [0, 0.05) is 5.56 Å². The zero-order valence-corrected chi connectivity index (χ0v) is 15.1. The molecule has 0 saturated heterocycles. The molecule has 3 aromatic rings. The minimum atomic E-state index is -0.339. The Bertz CT molecular complexity index is 868. The second kappa shape index (κ2) is 7.48. The molecule has 0 unspecified atom stereocenters. The van der Waals surface area contributed by atoms with Gasteiger partial charge in [-0.05, 0) is 32.9 Å². The number of esters is 1. The van der Waals surface area contributed by atoms with Gasteiger partial charge in [-0.2, -0.15) is 0 Å². The lowest BCUT2D eigenvalue weighted by Gasteiger charge is -1.98. The van der Waals surface area contributed by atoms with E-state index in [4.69, 9.17) is 9.15 Å². The summed E-state index contributed by atoms with van der Waals surface area (Å²) in [4.78, 5) is 21.2. The maximum Gasteiger partial charge on any atom is 0.350 e. The summed E-state index contributed by atoms with van der Waals surface area (Å²) in [7, 11) is 0. The number of aromatic nitrogens is 2.